The minimum atomic E-state index is -2.81. The van der Waals surface area contributed by atoms with Crippen molar-refractivity contribution in [2.75, 3.05) is 19.8 Å². The molecule has 0 atom stereocenters. The van der Waals surface area contributed by atoms with Crippen molar-refractivity contribution in [3.63, 3.8) is 0 Å². The third-order valence-electron chi connectivity index (χ3n) is 4.14. The summed E-state index contributed by atoms with van der Waals surface area (Å²) in [7, 11) is 0. The second-order valence-corrected chi connectivity index (χ2v) is 9.55. The molecular formula is C20H37N2O4PS. The summed E-state index contributed by atoms with van der Waals surface area (Å²) in [6.07, 6.45) is 13.0. The molecule has 0 fully saturated rings. The van der Waals surface area contributed by atoms with Crippen molar-refractivity contribution in [2.24, 2.45) is 0 Å². The summed E-state index contributed by atoms with van der Waals surface area (Å²) in [6.45, 7) is 4.63. The zero-order valence-corrected chi connectivity index (χ0v) is 19.4. The van der Waals surface area contributed by atoms with Crippen molar-refractivity contribution in [2.45, 2.75) is 85.0 Å². The molecule has 0 saturated carbocycles. The summed E-state index contributed by atoms with van der Waals surface area (Å²) in [5.41, 5.74) is 0. The molecule has 1 aromatic rings. The second-order valence-electron chi connectivity index (χ2n) is 6.61. The summed E-state index contributed by atoms with van der Waals surface area (Å²) in [6, 6.07) is 3.41. The molecule has 0 bridgehead atoms. The highest BCUT2D eigenvalue weighted by atomic mass is 32.5. The van der Waals surface area contributed by atoms with Crippen LogP contribution in [0.4, 0.5) is 0 Å². The largest absolute Gasteiger partial charge is 0.477 e. The Balaban J connectivity index is 2.16. The van der Waals surface area contributed by atoms with E-state index in [4.69, 9.17) is 30.1 Å². The summed E-state index contributed by atoms with van der Waals surface area (Å²) in [4.78, 5) is 0. The van der Waals surface area contributed by atoms with Gasteiger partial charge in [-0.2, -0.15) is 0 Å². The lowest BCUT2D eigenvalue weighted by atomic mass is 10.1. The lowest BCUT2D eigenvalue weighted by Crippen LogP contribution is -2.04. The third-order valence-corrected chi connectivity index (χ3v) is 6.56. The maximum absolute atomic E-state index is 5.65. The van der Waals surface area contributed by atoms with Crippen LogP contribution in [0.2, 0.25) is 0 Å². The number of hydrogen-bond donors (Lipinski definition) is 0. The molecule has 6 nitrogen and oxygen atoms in total. The molecule has 0 aromatic carbocycles. The van der Waals surface area contributed by atoms with Crippen LogP contribution in [-0.4, -0.2) is 30.0 Å². The molecule has 0 aliphatic rings. The van der Waals surface area contributed by atoms with Gasteiger partial charge in [0, 0.05) is 23.9 Å². The Morgan fingerprint density at radius 3 is 1.75 bits per heavy atom. The first kappa shape index (κ1) is 25.3. The van der Waals surface area contributed by atoms with Gasteiger partial charge in [-0.05, 0) is 20.3 Å². The fraction of sp³-hybridized carbons (Fsp3) is 0.800. The Hall–Kier alpha value is -0.750. The maximum atomic E-state index is 5.65. The van der Waals surface area contributed by atoms with Crippen LogP contribution in [0.3, 0.4) is 0 Å². The van der Waals surface area contributed by atoms with Crippen LogP contribution in [0.1, 0.15) is 85.0 Å². The average Bonchev–Trinajstić information content (AvgIpc) is 2.67. The molecule has 0 aliphatic carbocycles. The van der Waals surface area contributed by atoms with Gasteiger partial charge in [-0.3, -0.25) is 9.05 Å². The van der Waals surface area contributed by atoms with Gasteiger partial charge in [0.2, 0.25) is 11.8 Å². The molecule has 0 N–H and O–H groups in total. The van der Waals surface area contributed by atoms with Crippen LogP contribution in [0.25, 0.3) is 0 Å². The molecule has 0 amide bonds. The van der Waals surface area contributed by atoms with Gasteiger partial charge in [-0.1, -0.05) is 64.7 Å². The molecule has 1 heterocycles. The third kappa shape index (κ3) is 11.9. The molecule has 0 spiro atoms. The Morgan fingerprint density at radius 2 is 1.25 bits per heavy atom. The van der Waals surface area contributed by atoms with Gasteiger partial charge in [0.1, 0.15) is 0 Å². The summed E-state index contributed by atoms with van der Waals surface area (Å²) < 4.78 is 22.1. The highest BCUT2D eigenvalue weighted by Crippen LogP contribution is 2.49. The standard InChI is InChI=1S/C20H37N2O4PS/c1-4-7-8-9-10-11-12-13-14-15-18-23-19-16-17-20(22-21-19)26-27(28,24-5-2)25-6-3/h16-17H,4-15,18H2,1-3H3. The zero-order chi connectivity index (χ0) is 20.5. The monoisotopic (exact) mass is 432 g/mol. The van der Waals surface area contributed by atoms with Crippen LogP contribution in [0.5, 0.6) is 11.8 Å². The lowest BCUT2D eigenvalue weighted by molar-refractivity contribution is 0.215. The van der Waals surface area contributed by atoms with Crippen LogP contribution in [0.15, 0.2) is 12.1 Å². The van der Waals surface area contributed by atoms with Crippen LogP contribution in [0, 0.1) is 0 Å². The van der Waals surface area contributed by atoms with E-state index in [0.29, 0.717) is 25.7 Å². The van der Waals surface area contributed by atoms with E-state index < -0.39 is 6.72 Å². The fourth-order valence-electron chi connectivity index (χ4n) is 2.72. The Morgan fingerprint density at radius 1 is 0.750 bits per heavy atom. The quantitative estimate of drug-likeness (QED) is 0.195. The fourth-order valence-corrected chi connectivity index (χ4v) is 4.72. The normalized spacial score (nSPS) is 11.5. The molecule has 162 valence electrons. The van der Waals surface area contributed by atoms with E-state index in [1.54, 1.807) is 12.1 Å². The van der Waals surface area contributed by atoms with E-state index in [1.807, 2.05) is 13.8 Å². The maximum Gasteiger partial charge on any atom is 0.381 e. The summed E-state index contributed by atoms with van der Waals surface area (Å²) >= 11 is 5.32. The first-order valence-electron chi connectivity index (χ1n) is 10.7. The van der Waals surface area contributed by atoms with Crippen LogP contribution in [-0.2, 0) is 20.9 Å². The van der Waals surface area contributed by atoms with Crippen molar-refractivity contribution in [3.05, 3.63) is 12.1 Å². The van der Waals surface area contributed by atoms with Crippen molar-refractivity contribution in [1.29, 1.82) is 0 Å². The van der Waals surface area contributed by atoms with E-state index in [1.165, 1.54) is 57.8 Å². The predicted octanol–water partition coefficient (Wildman–Crippen LogP) is 6.45. The van der Waals surface area contributed by atoms with E-state index in [0.717, 1.165) is 6.42 Å². The van der Waals surface area contributed by atoms with Gasteiger partial charge in [-0.15, -0.1) is 10.2 Å². The predicted molar refractivity (Wildman–Crippen MR) is 118 cm³/mol. The van der Waals surface area contributed by atoms with E-state index in [-0.39, 0.29) is 5.88 Å². The SMILES string of the molecule is CCCCCCCCCCCCOc1ccc(OP(=S)(OCC)OCC)nn1. The highest BCUT2D eigenvalue weighted by molar-refractivity contribution is 8.07. The number of rotatable bonds is 18. The minimum absolute atomic E-state index is 0.288. The first-order chi connectivity index (χ1) is 13.6. The van der Waals surface area contributed by atoms with Crippen molar-refractivity contribution in [1.82, 2.24) is 10.2 Å². The van der Waals surface area contributed by atoms with Gasteiger partial charge < -0.3 is 9.26 Å². The number of ether oxygens (including phenoxy) is 1. The minimum Gasteiger partial charge on any atom is -0.477 e. The summed E-state index contributed by atoms with van der Waals surface area (Å²) in [5.74, 6) is 0.779. The Labute approximate surface area is 176 Å². The number of nitrogens with zero attached hydrogens (tertiary/aromatic N) is 2. The molecule has 0 saturated heterocycles. The number of unbranched alkanes of at least 4 members (excludes halogenated alkanes) is 9. The zero-order valence-electron chi connectivity index (χ0n) is 17.7. The Kier molecular flexibility index (Phi) is 14.5. The molecule has 8 heteroatoms. The second kappa shape index (κ2) is 16.1. The molecule has 0 unspecified atom stereocenters. The van der Waals surface area contributed by atoms with Crippen LogP contribution < -0.4 is 9.26 Å². The highest BCUT2D eigenvalue weighted by Gasteiger charge is 2.22. The van der Waals surface area contributed by atoms with Crippen molar-refractivity contribution >= 4 is 18.5 Å². The van der Waals surface area contributed by atoms with Gasteiger partial charge in [-0.25, -0.2) is 0 Å². The lowest BCUT2D eigenvalue weighted by Gasteiger charge is -2.19. The molecule has 1 aromatic heterocycles. The number of hydrogen-bond acceptors (Lipinski definition) is 7. The van der Waals surface area contributed by atoms with Gasteiger partial charge >= 0.3 is 6.72 Å². The van der Waals surface area contributed by atoms with Crippen molar-refractivity contribution in [3.8, 4) is 11.8 Å². The molecular weight excluding hydrogens is 395 g/mol. The van der Waals surface area contributed by atoms with Crippen molar-refractivity contribution < 1.29 is 18.3 Å². The topological polar surface area (TPSA) is 62.7 Å². The van der Waals surface area contributed by atoms with Gasteiger partial charge in [0.15, 0.2) is 0 Å². The van der Waals surface area contributed by atoms with Crippen LogP contribution >= 0.6 is 6.72 Å². The van der Waals surface area contributed by atoms with E-state index in [9.17, 15) is 0 Å². The molecule has 0 radical (unpaired) electrons. The van der Waals surface area contributed by atoms with E-state index in [2.05, 4.69) is 17.1 Å². The van der Waals surface area contributed by atoms with Gasteiger partial charge in [0.25, 0.3) is 0 Å². The number of aromatic nitrogens is 2. The molecule has 0 aliphatic heterocycles. The first-order valence-corrected chi connectivity index (χ1v) is 13.2. The average molecular weight is 433 g/mol. The van der Waals surface area contributed by atoms with E-state index >= 15 is 0 Å². The molecule has 28 heavy (non-hydrogen) atoms. The Bertz CT molecular complexity index is 536. The van der Waals surface area contributed by atoms with Gasteiger partial charge in [0.05, 0.1) is 19.8 Å². The smallest absolute Gasteiger partial charge is 0.381 e. The molecule has 1 rings (SSSR count). The summed E-state index contributed by atoms with van der Waals surface area (Å²) in [5, 5.41) is 8.03.